The van der Waals surface area contributed by atoms with Gasteiger partial charge in [0.05, 0.1) is 17.2 Å². The second kappa shape index (κ2) is 8.77. The molecule has 6 heteroatoms. The van der Waals surface area contributed by atoms with Gasteiger partial charge in [-0.25, -0.2) is 0 Å². The van der Waals surface area contributed by atoms with Crippen LogP contribution in [0, 0.1) is 17.3 Å². The second-order valence-electron chi connectivity index (χ2n) is 13.4. The van der Waals surface area contributed by atoms with Gasteiger partial charge in [0.2, 0.25) is 0 Å². The Bertz CT molecular complexity index is 1330. The van der Waals surface area contributed by atoms with Crippen LogP contribution < -0.4 is 9.47 Å². The molecule has 1 saturated heterocycles. The molecule has 2 heterocycles. The number of hydrogen-bond acceptors (Lipinski definition) is 4. The molecule has 5 aliphatic carbocycles. The number of aryl methyl sites for hydroxylation is 1. The highest BCUT2D eigenvalue weighted by Crippen LogP contribution is 2.77. The minimum absolute atomic E-state index is 0.0314. The van der Waals surface area contributed by atoms with E-state index in [4.69, 9.17) is 37.4 Å². The fourth-order valence-corrected chi connectivity index (χ4v) is 10.6. The first kappa shape index (κ1) is 25.3. The van der Waals surface area contributed by atoms with Crippen molar-refractivity contribution < 1.29 is 14.2 Å². The zero-order valence-electron chi connectivity index (χ0n) is 23.1. The minimum Gasteiger partial charge on any atom is -0.493 e. The summed E-state index contributed by atoms with van der Waals surface area (Å²) >= 11 is 12.5. The molecule has 9 rings (SSSR count). The van der Waals surface area contributed by atoms with Crippen molar-refractivity contribution in [2.24, 2.45) is 17.3 Å². The number of hydrogen-bond donors (Lipinski definition) is 0. The van der Waals surface area contributed by atoms with Gasteiger partial charge in [-0.05, 0) is 112 Å². The summed E-state index contributed by atoms with van der Waals surface area (Å²) in [5, 5.41) is 1.27. The number of piperidine rings is 1. The van der Waals surface area contributed by atoms with Crippen molar-refractivity contribution in [1.29, 1.82) is 0 Å². The number of rotatable bonds is 8. The highest BCUT2D eigenvalue weighted by Gasteiger charge is 2.80. The third-order valence-corrected chi connectivity index (χ3v) is 12.7. The molecule has 0 amide bonds. The molecular weight excluding hydrogens is 529 g/mol. The first-order chi connectivity index (χ1) is 19.0. The van der Waals surface area contributed by atoms with Crippen LogP contribution in [0.1, 0.15) is 68.1 Å². The van der Waals surface area contributed by atoms with E-state index in [9.17, 15) is 0 Å². The molecule has 39 heavy (non-hydrogen) atoms. The molecule has 6 atom stereocenters. The van der Waals surface area contributed by atoms with Crippen molar-refractivity contribution in [1.82, 2.24) is 4.90 Å². The maximum atomic E-state index is 7.18. The van der Waals surface area contributed by atoms with Gasteiger partial charge in [-0.3, -0.25) is 4.90 Å². The molecule has 208 valence electrons. The van der Waals surface area contributed by atoms with Crippen LogP contribution in [0.15, 0.2) is 30.3 Å². The van der Waals surface area contributed by atoms with E-state index >= 15 is 0 Å². The smallest absolute Gasteiger partial charge is 0.165 e. The van der Waals surface area contributed by atoms with Crippen molar-refractivity contribution in [3.63, 3.8) is 0 Å². The molecule has 7 aliphatic rings. The monoisotopic (exact) mass is 567 g/mol. The molecule has 2 aromatic rings. The van der Waals surface area contributed by atoms with E-state index in [0.29, 0.717) is 22.0 Å². The lowest BCUT2D eigenvalue weighted by atomic mass is 9.34. The van der Waals surface area contributed by atoms with Crippen LogP contribution in [0.25, 0.3) is 0 Å². The first-order valence-electron chi connectivity index (χ1n) is 15.1. The molecule has 4 saturated carbocycles. The van der Waals surface area contributed by atoms with Gasteiger partial charge in [0.15, 0.2) is 11.5 Å². The van der Waals surface area contributed by atoms with E-state index in [1.54, 1.807) is 7.11 Å². The summed E-state index contributed by atoms with van der Waals surface area (Å²) in [5.41, 5.74) is 4.26. The van der Waals surface area contributed by atoms with Gasteiger partial charge < -0.3 is 14.2 Å². The third-order valence-electron chi connectivity index (χ3n) is 12.0. The third kappa shape index (κ3) is 3.27. The summed E-state index contributed by atoms with van der Waals surface area (Å²) in [4.78, 5) is 2.92. The van der Waals surface area contributed by atoms with Crippen LogP contribution in [0.3, 0.4) is 0 Å². The average Bonchev–Trinajstić information content (AvgIpc) is 3.69. The molecule has 4 bridgehead atoms. The van der Waals surface area contributed by atoms with Crippen molar-refractivity contribution in [2.75, 3.05) is 27.3 Å². The lowest BCUT2D eigenvalue weighted by molar-refractivity contribution is -0.278. The van der Waals surface area contributed by atoms with Crippen molar-refractivity contribution in [3.05, 3.63) is 57.1 Å². The van der Waals surface area contributed by atoms with E-state index < -0.39 is 0 Å². The normalized spacial score (nSPS) is 37.5. The number of ether oxygens (including phenoxy) is 3. The predicted octanol–water partition coefficient (Wildman–Crippen LogP) is 7.25. The van der Waals surface area contributed by atoms with Gasteiger partial charge in [0.25, 0.3) is 0 Å². The van der Waals surface area contributed by atoms with Gasteiger partial charge in [0.1, 0.15) is 11.7 Å². The fourth-order valence-electron chi connectivity index (χ4n) is 10.3. The number of benzene rings is 2. The van der Waals surface area contributed by atoms with E-state index in [1.807, 2.05) is 19.2 Å². The summed E-state index contributed by atoms with van der Waals surface area (Å²) in [6.45, 7) is 2.46. The summed E-state index contributed by atoms with van der Waals surface area (Å²) in [6, 6.07) is 11.2. The lowest BCUT2D eigenvalue weighted by Gasteiger charge is -2.74. The number of fused-ring (bicyclic) bond motifs is 2. The highest BCUT2D eigenvalue weighted by atomic mass is 35.5. The predicted molar refractivity (Wildman–Crippen MR) is 154 cm³/mol. The number of likely N-dealkylation sites (tertiary alicyclic amines) is 1. The van der Waals surface area contributed by atoms with Gasteiger partial charge in [0, 0.05) is 36.1 Å². The Morgan fingerprint density at radius 1 is 1.05 bits per heavy atom. The van der Waals surface area contributed by atoms with E-state index in [2.05, 4.69) is 23.1 Å². The minimum atomic E-state index is -0.263. The lowest BCUT2D eigenvalue weighted by Crippen LogP contribution is -2.81. The molecule has 2 aliphatic heterocycles. The summed E-state index contributed by atoms with van der Waals surface area (Å²) < 4.78 is 19.8. The van der Waals surface area contributed by atoms with Crippen LogP contribution in [-0.2, 0) is 23.0 Å². The topological polar surface area (TPSA) is 30.9 Å². The first-order valence-corrected chi connectivity index (χ1v) is 15.8. The summed E-state index contributed by atoms with van der Waals surface area (Å²) in [5.74, 6) is 3.31. The SMILES string of the molecule is COc1ccc2c3c1O[C@H]1[C@@]4(OC)CC[C@@]5(C[C@@H]4CCCc4ccc(Cl)c(Cl)c4)[C@@H](C2)N(CC2CC2)CC[C@]315. The standard InChI is InChI=1S/C33H39Cl2NO3/c1-37-26-11-9-22-17-27-31-12-13-33(38-2,23(18-31)5-3-4-20-8-10-24(34)25(35)16-20)30-32(31,28(22)29(26)39-30)14-15-36(27)19-21-6-7-21/h8-11,16,21,23,27,30H,3-7,12-15,17-19H2,1-2H3/t23-,27+,30+,31+,32-,33+/m0/s1. The van der Waals surface area contributed by atoms with Gasteiger partial charge in [-0.15, -0.1) is 0 Å². The maximum absolute atomic E-state index is 7.18. The average molecular weight is 569 g/mol. The molecule has 5 fully saturated rings. The molecular formula is C33H39Cl2NO3. The Balaban J connectivity index is 1.19. The van der Waals surface area contributed by atoms with Gasteiger partial charge in [-0.1, -0.05) is 35.3 Å². The quantitative estimate of drug-likeness (QED) is 0.336. The Hall–Kier alpha value is -1.46. The number of methoxy groups -OCH3 is 2. The number of nitrogens with zero attached hydrogens (tertiary/aromatic N) is 1. The van der Waals surface area contributed by atoms with Crippen LogP contribution in [0.5, 0.6) is 11.5 Å². The van der Waals surface area contributed by atoms with Gasteiger partial charge in [-0.2, -0.15) is 0 Å². The van der Waals surface area contributed by atoms with Crippen molar-refractivity contribution >= 4 is 23.2 Å². The maximum Gasteiger partial charge on any atom is 0.165 e. The number of halogens is 2. The van der Waals surface area contributed by atoms with Crippen LogP contribution >= 0.6 is 23.2 Å². The molecule has 2 spiro atoms. The largest absolute Gasteiger partial charge is 0.493 e. The van der Waals surface area contributed by atoms with E-state index in [-0.39, 0.29) is 22.5 Å². The van der Waals surface area contributed by atoms with Gasteiger partial charge >= 0.3 is 0 Å². The molecule has 0 aromatic heterocycles. The molecule has 4 nitrogen and oxygen atoms in total. The second-order valence-corrected chi connectivity index (χ2v) is 14.2. The van der Waals surface area contributed by atoms with E-state index in [1.165, 1.54) is 61.9 Å². The summed E-state index contributed by atoms with van der Waals surface area (Å²) in [6.07, 6.45) is 12.0. The Morgan fingerprint density at radius 3 is 2.69 bits per heavy atom. The molecule has 0 N–H and O–H groups in total. The highest BCUT2D eigenvalue weighted by molar-refractivity contribution is 6.42. The zero-order valence-corrected chi connectivity index (χ0v) is 24.6. The van der Waals surface area contributed by atoms with E-state index in [0.717, 1.165) is 49.5 Å². The molecule has 0 unspecified atom stereocenters. The van der Waals surface area contributed by atoms with Crippen LogP contribution in [-0.4, -0.2) is 50.0 Å². The van der Waals surface area contributed by atoms with Crippen molar-refractivity contribution in [2.45, 2.75) is 87.4 Å². The van der Waals surface area contributed by atoms with Crippen LogP contribution in [0.2, 0.25) is 10.0 Å². The summed E-state index contributed by atoms with van der Waals surface area (Å²) in [7, 11) is 3.74. The zero-order chi connectivity index (χ0) is 26.6. The molecule has 2 aromatic carbocycles. The Morgan fingerprint density at radius 2 is 1.92 bits per heavy atom. The molecule has 0 radical (unpaired) electrons. The Kier molecular flexibility index (Phi) is 5.68. The van der Waals surface area contributed by atoms with Crippen LogP contribution in [0.4, 0.5) is 0 Å². The van der Waals surface area contributed by atoms with Crippen molar-refractivity contribution in [3.8, 4) is 11.5 Å². The Labute approximate surface area is 242 Å². The fraction of sp³-hybridized carbons (Fsp3) is 0.636.